The molecule has 0 bridgehead atoms. The van der Waals surface area contributed by atoms with Gasteiger partial charge in [0.05, 0.1) is 0 Å². The van der Waals surface area contributed by atoms with Crippen LogP contribution in [0.2, 0.25) is 0 Å². The molecule has 1 aliphatic heterocycles. The number of imide groups is 1. The number of carbonyl (C=O) groups excluding carboxylic acids is 3. The third-order valence-electron chi connectivity index (χ3n) is 5.02. The number of para-hydroxylation sites is 1. The number of benzene rings is 1. The van der Waals surface area contributed by atoms with Crippen LogP contribution < -0.4 is 15.5 Å². The number of amides is 4. The molecule has 1 saturated carbocycles. The van der Waals surface area contributed by atoms with Gasteiger partial charge in [-0.1, -0.05) is 19.1 Å². The van der Waals surface area contributed by atoms with E-state index >= 15 is 0 Å². The highest BCUT2D eigenvalue weighted by molar-refractivity contribution is 6.08. The second kappa shape index (κ2) is 6.93. The number of nitrogens with one attached hydrogen (secondary N) is 2. The van der Waals surface area contributed by atoms with Gasteiger partial charge in [0.15, 0.2) is 17.7 Å². The predicted molar refractivity (Wildman–Crippen MR) is 90.4 cm³/mol. The first-order valence-corrected chi connectivity index (χ1v) is 8.71. The zero-order chi connectivity index (χ0) is 18.9. The van der Waals surface area contributed by atoms with Crippen molar-refractivity contribution in [1.82, 2.24) is 15.8 Å². The highest BCUT2D eigenvalue weighted by atomic mass is 19.1. The van der Waals surface area contributed by atoms with E-state index in [4.69, 9.17) is 4.74 Å². The number of rotatable bonds is 4. The molecule has 1 atom stereocenters. The molecule has 0 radical (unpaired) electrons. The van der Waals surface area contributed by atoms with E-state index in [1.165, 1.54) is 25.1 Å². The number of nitrogens with zero attached hydrogens (tertiary/aromatic N) is 1. The highest BCUT2D eigenvalue weighted by Gasteiger charge is 2.53. The van der Waals surface area contributed by atoms with Crippen LogP contribution in [0, 0.1) is 11.7 Å². The largest absolute Gasteiger partial charge is 0.478 e. The van der Waals surface area contributed by atoms with Crippen molar-refractivity contribution in [1.29, 1.82) is 0 Å². The number of urea groups is 1. The smallest absolute Gasteiger partial charge is 0.344 e. The third kappa shape index (κ3) is 3.36. The standard InChI is InChI=1S/C18H22FN3O4/c1-11-7-9-18(10-8-11)16(24)22(17(25)20-18)21-15(23)12(2)26-14-6-4-3-5-13(14)19/h3-6,11-12H,7-10H2,1-2H3,(H,20,25)(H,21,23). The van der Waals surface area contributed by atoms with Gasteiger partial charge in [-0.25, -0.2) is 9.18 Å². The van der Waals surface area contributed by atoms with Crippen LogP contribution in [0.25, 0.3) is 0 Å². The van der Waals surface area contributed by atoms with Crippen molar-refractivity contribution in [2.24, 2.45) is 5.92 Å². The fraction of sp³-hybridized carbons (Fsp3) is 0.500. The molecule has 26 heavy (non-hydrogen) atoms. The Hall–Kier alpha value is -2.64. The second-order valence-electron chi connectivity index (χ2n) is 7.00. The lowest BCUT2D eigenvalue weighted by Crippen LogP contribution is -2.53. The maximum Gasteiger partial charge on any atom is 0.344 e. The Kier molecular flexibility index (Phi) is 4.84. The normalized spacial score (nSPS) is 26.6. The molecule has 4 amide bonds. The Balaban J connectivity index is 1.64. The molecule has 1 spiro atoms. The number of hydrogen-bond acceptors (Lipinski definition) is 4. The van der Waals surface area contributed by atoms with Crippen LogP contribution in [-0.4, -0.2) is 34.5 Å². The van der Waals surface area contributed by atoms with E-state index in [0.717, 1.165) is 12.8 Å². The maximum atomic E-state index is 13.6. The summed E-state index contributed by atoms with van der Waals surface area (Å²) in [7, 11) is 0. The number of carbonyl (C=O) groups is 3. The minimum atomic E-state index is -1.09. The van der Waals surface area contributed by atoms with Crippen LogP contribution in [0.4, 0.5) is 9.18 Å². The van der Waals surface area contributed by atoms with E-state index in [1.807, 2.05) is 0 Å². The highest BCUT2D eigenvalue weighted by Crippen LogP contribution is 2.35. The van der Waals surface area contributed by atoms with Crippen LogP contribution in [0.15, 0.2) is 24.3 Å². The fourth-order valence-electron chi connectivity index (χ4n) is 3.30. The molecule has 3 rings (SSSR count). The van der Waals surface area contributed by atoms with Gasteiger partial charge in [-0.05, 0) is 50.7 Å². The van der Waals surface area contributed by atoms with E-state index in [0.29, 0.717) is 23.8 Å². The summed E-state index contributed by atoms with van der Waals surface area (Å²) in [4.78, 5) is 37.2. The summed E-state index contributed by atoms with van der Waals surface area (Å²) in [6.45, 7) is 3.52. The molecule has 2 N–H and O–H groups in total. The van der Waals surface area contributed by atoms with Gasteiger partial charge in [0, 0.05) is 0 Å². The van der Waals surface area contributed by atoms with E-state index in [2.05, 4.69) is 17.7 Å². The molecule has 1 aliphatic carbocycles. The average Bonchev–Trinajstić information content (AvgIpc) is 2.84. The van der Waals surface area contributed by atoms with Crippen molar-refractivity contribution < 1.29 is 23.5 Å². The van der Waals surface area contributed by atoms with Gasteiger partial charge in [0.25, 0.3) is 11.8 Å². The molecule has 1 heterocycles. The van der Waals surface area contributed by atoms with E-state index < -0.39 is 35.3 Å². The minimum absolute atomic E-state index is 0.0786. The van der Waals surface area contributed by atoms with Crippen LogP contribution in [0.3, 0.4) is 0 Å². The molecule has 1 aromatic rings. The van der Waals surface area contributed by atoms with Crippen molar-refractivity contribution in [3.63, 3.8) is 0 Å². The van der Waals surface area contributed by atoms with Crippen molar-refractivity contribution in [2.75, 3.05) is 0 Å². The van der Waals surface area contributed by atoms with Crippen molar-refractivity contribution in [3.8, 4) is 5.75 Å². The summed E-state index contributed by atoms with van der Waals surface area (Å²) in [5.41, 5.74) is 1.35. The molecular weight excluding hydrogens is 341 g/mol. The number of ether oxygens (including phenoxy) is 1. The average molecular weight is 363 g/mol. The lowest BCUT2D eigenvalue weighted by Gasteiger charge is -2.33. The molecule has 1 unspecified atom stereocenters. The van der Waals surface area contributed by atoms with Gasteiger partial charge in [0.2, 0.25) is 0 Å². The minimum Gasteiger partial charge on any atom is -0.478 e. The Morgan fingerprint density at radius 1 is 1.35 bits per heavy atom. The van der Waals surface area contributed by atoms with Gasteiger partial charge >= 0.3 is 6.03 Å². The van der Waals surface area contributed by atoms with Gasteiger partial charge in [-0.2, -0.15) is 5.01 Å². The topological polar surface area (TPSA) is 87.7 Å². The summed E-state index contributed by atoms with van der Waals surface area (Å²) >= 11 is 0. The van der Waals surface area contributed by atoms with Crippen LogP contribution in [-0.2, 0) is 9.59 Å². The number of hydrogen-bond donors (Lipinski definition) is 2. The molecule has 0 aromatic heterocycles. The third-order valence-corrected chi connectivity index (χ3v) is 5.02. The summed E-state index contributed by atoms with van der Waals surface area (Å²) in [5, 5.41) is 3.42. The first kappa shape index (κ1) is 18.2. The second-order valence-corrected chi connectivity index (χ2v) is 7.00. The molecule has 1 aromatic carbocycles. The van der Waals surface area contributed by atoms with E-state index in [9.17, 15) is 18.8 Å². The van der Waals surface area contributed by atoms with Gasteiger partial charge in [-0.15, -0.1) is 0 Å². The number of halogens is 1. The van der Waals surface area contributed by atoms with Gasteiger partial charge in [-0.3, -0.25) is 15.0 Å². The Bertz CT molecular complexity index is 731. The van der Waals surface area contributed by atoms with Crippen molar-refractivity contribution in [2.45, 2.75) is 51.2 Å². The van der Waals surface area contributed by atoms with E-state index in [-0.39, 0.29) is 5.75 Å². The lowest BCUT2D eigenvalue weighted by atomic mass is 9.77. The molecule has 7 nitrogen and oxygen atoms in total. The molecule has 8 heteroatoms. The van der Waals surface area contributed by atoms with E-state index in [1.54, 1.807) is 6.07 Å². The zero-order valence-corrected chi connectivity index (χ0v) is 14.8. The van der Waals surface area contributed by atoms with Crippen LogP contribution in [0.1, 0.15) is 39.5 Å². The van der Waals surface area contributed by atoms with Crippen molar-refractivity contribution in [3.05, 3.63) is 30.1 Å². The Morgan fingerprint density at radius 3 is 2.65 bits per heavy atom. The predicted octanol–water partition coefficient (Wildman–Crippen LogP) is 2.12. The Morgan fingerprint density at radius 2 is 2.00 bits per heavy atom. The fourth-order valence-corrected chi connectivity index (χ4v) is 3.30. The Labute approximate surface area is 150 Å². The first-order valence-electron chi connectivity index (χ1n) is 8.71. The zero-order valence-electron chi connectivity index (χ0n) is 14.8. The lowest BCUT2D eigenvalue weighted by molar-refractivity contribution is -0.142. The summed E-state index contributed by atoms with van der Waals surface area (Å²) in [5.74, 6) is -1.34. The SMILES string of the molecule is CC1CCC2(CC1)NC(=O)N(NC(=O)C(C)Oc1ccccc1F)C2=O. The molecule has 2 aliphatic rings. The van der Waals surface area contributed by atoms with Gasteiger partial charge < -0.3 is 10.1 Å². The first-order chi connectivity index (χ1) is 12.3. The van der Waals surface area contributed by atoms with Crippen LogP contribution in [0.5, 0.6) is 5.75 Å². The summed E-state index contributed by atoms with van der Waals surface area (Å²) in [6, 6.07) is 5.03. The van der Waals surface area contributed by atoms with Gasteiger partial charge in [0.1, 0.15) is 5.54 Å². The summed E-state index contributed by atoms with van der Waals surface area (Å²) in [6.07, 6.45) is 1.68. The molecule has 1 saturated heterocycles. The maximum absolute atomic E-state index is 13.6. The molecule has 2 fully saturated rings. The van der Waals surface area contributed by atoms with Crippen molar-refractivity contribution >= 4 is 17.8 Å². The summed E-state index contributed by atoms with van der Waals surface area (Å²) < 4.78 is 18.9. The van der Waals surface area contributed by atoms with Crippen LogP contribution >= 0.6 is 0 Å². The molecular formula is C18H22FN3O4. The monoisotopic (exact) mass is 363 g/mol. The number of hydrazine groups is 1. The quantitative estimate of drug-likeness (QED) is 0.802. The molecule has 140 valence electrons.